The largest absolute Gasteiger partial charge is 0.513 e. The highest BCUT2D eigenvalue weighted by atomic mass is 32.2. The van der Waals surface area contributed by atoms with Gasteiger partial charge in [-0.3, -0.25) is 0 Å². The monoisotopic (exact) mass is 385 g/mol. The van der Waals surface area contributed by atoms with Crippen molar-refractivity contribution in [3.63, 3.8) is 0 Å². The Morgan fingerprint density at radius 1 is 0.870 bits per heavy atom. The second kappa shape index (κ2) is 11.2. The highest BCUT2D eigenvalue weighted by Crippen LogP contribution is 2.30. The first-order chi connectivity index (χ1) is 10.8. The van der Waals surface area contributed by atoms with Gasteiger partial charge in [0.25, 0.3) is 0 Å². The first kappa shape index (κ1) is 23.5. The summed E-state index contributed by atoms with van der Waals surface area (Å²) in [4.78, 5) is 0.167. The maximum Gasteiger partial charge on any atom is 0.513 e. The SMILES string of the molecule is CCC(NC(C)SC(CC)[Si](OC)(OC)OC)[Si](C)(OC)OC. The molecule has 6 nitrogen and oxygen atoms in total. The van der Waals surface area contributed by atoms with E-state index in [-0.39, 0.29) is 15.9 Å². The Morgan fingerprint density at radius 2 is 1.35 bits per heavy atom. The molecule has 0 saturated carbocycles. The fraction of sp³-hybridized carbons (Fsp3) is 1.00. The molecule has 0 fully saturated rings. The fourth-order valence-electron chi connectivity index (χ4n) is 2.65. The number of rotatable bonds is 13. The highest BCUT2D eigenvalue weighted by Gasteiger charge is 2.48. The summed E-state index contributed by atoms with van der Waals surface area (Å²) in [6.45, 7) is 8.51. The van der Waals surface area contributed by atoms with E-state index < -0.39 is 17.4 Å². The molecule has 23 heavy (non-hydrogen) atoms. The average Bonchev–Trinajstić information content (AvgIpc) is 2.59. The lowest BCUT2D eigenvalue weighted by atomic mass is 10.5. The van der Waals surface area contributed by atoms with E-state index >= 15 is 0 Å². The van der Waals surface area contributed by atoms with Gasteiger partial charge in [0.05, 0.1) is 15.9 Å². The van der Waals surface area contributed by atoms with Crippen LogP contribution in [0.5, 0.6) is 0 Å². The molecule has 0 amide bonds. The third kappa shape index (κ3) is 6.08. The Balaban J connectivity index is 4.98. The van der Waals surface area contributed by atoms with Crippen LogP contribution in [0.1, 0.15) is 33.6 Å². The summed E-state index contributed by atoms with van der Waals surface area (Å²) in [5, 5.41) is 3.85. The minimum absolute atomic E-state index is 0.167. The zero-order valence-electron chi connectivity index (χ0n) is 16.1. The molecule has 0 aromatic rings. The molecule has 140 valence electrons. The van der Waals surface area contributed by atoms with Crippen molar-refractivity contribution >= 4 is 29.1 Å². The standard InChI is InChI=1S/C14H35NO5SSi2/c1-10-13(22(9,16-4)17-5)15-12(3)21-14(11-2)23(18-6,19-7)20-8/h12-15H,10-11H2,1-9H3. The van der Waals surface area contributed by atoms with E-state index in [2.05, 4.69) is 32.6 Å². The molecule has 0 bridgehead atoms. The first-order valence-electron chi connectivity index (χ1n) is 8.00. The van der Waals surface area contributed by atoms with E-state index in [0.717, 1.165) is 12.8 Å². The molecule has 0 saturated heterocycles. The predicted octanol–water partition coefficient (Wildman–Crippen LogP) is 2.53. The molecule has 1 N–H and O–H groups in total. The van der Waals surface area contributed by atoms with Gasteiger partial charge in [0.2, 0.25) is 0 Å². The second-order valence-electron chi connectivity index (χ2n) is 5.44. The van der Waals surface area contributed by atoms with Gasteiger partial charge in [-0.25, -0.2) is 0 Å². The Morgan fingerprint density at radius 3 is 1.65 bits per heavy atom. The topological polar surface area (TPSA) is 58.2 Å². The van der Waals surface area contributed by atoms with E-state index in [1.807, 2.05) is 0 Å². The summed E-state index contributed by atoms with van der Waals surface area (Å²) in [5.41, 5.74) is 0.209. The molecular weight excluding hydrogens is 350 g/mol. The molecule has 0 spiro atoms. The van der Waals surface area contributed by atoms with Gasteiger partial charge in [-0.05, 0) is 26.3 Å². The van der Waals surface area contributed by atoms with Crippen molar-refractivity contribution in [3.8, 4) is 0 Å². The molecule has 0 rings (SSSR count). The normalized spacial score (nSPS) is 17.1. The molecular formula is C14H35NO5SSi2. The molecule has 0 aliphatic heterocycles. The first-order valence-corrected chi connectivity index (χ1v) is 13.1. The van der Waals surface area contributed by atoms with E-state index in [4.69, 9.17) is 22.1 Å². The van der Waals surface area contributed by atoms with Gasteiger partial charge in [-0.15, -0.1) is 11.8 Å². The van der Waals surface area contributed by atoms with Gasteiger partial charge >= 0.3 is 17.4 Å². The fourth-order valence-corrected chi connectivity index (χ4v) is 9.66. The van der Waals surface area contributed by atoms with Crippen LogP contribution in [0.2, 0.25) is 6.55 Å². The minimum atomic E-state index is -2.66. The molecule has 0 aliphatic carbocycles. The van der Waals surface area contributed by atoms with Crippen LogP contribution in [-0.2, 0) is 22.1 Å². The molecule has 0 aliphatic rings. The third-order valence-electron chi connectivity index (χ3n) is 4.27. The zero-order chi connectivity index (χ0) is 18.1. The van der Waals surface area contributed by atoms with Crippen LogP contribution in [0.4, 0.5) is 0 Å². The van der Waals surface area contributed by atoms with Gasteiger partial charge < -0.3 is 27.4 Å². The lowest BCUT2D eigenvalue weighted by molar-refractivity contribution is 0.121. The van der Waals surface area contributed by atoms with Crippen LogP contribution < -0.4 is 5.32 Å². The molecule has 3 unspecified atom stereocenters. The smallest absolute Gasteiger partial charge is 0.397 e. The van der Waals surface area contributed by atoms with Crippen LogP contribution in [0.3, 0.4) is 0 Å². The van der Waals surface area contributed by atoms with E-state index in [9.17, 15) is 0 Å². The minimum Gasteiger partial charge on any atom is -0.397 e. The van der Waals surface area contributed by atoms with Gasteiger partial charge in [0, 0.05) is 35.5 Å². The second-order valence-corrected chi connectivity index (χ2v) is 14.1. The molecule has 0 radical (unpaired) electrons. The number of thioether (sulfide) groups is 1. The summed E-state index contributed by atoms with van der Waals surface area (Å²) in [6.07, 6.45) is 1.87. The molecule has 9 heteroatoms. The molecule has 0 heterocycles. The zero-order valence-corrected chi connectivity index (χ0v) is 18.9. The maximum atomic E-state index is 5.68. The lowest BCUT2D eigenvalue weighted by Gasteiger charge is -2.36. The quantitative estimate of drug-likeness (QED) is 0.386. The van der Waals surface area contributed by atoms with Crippen molar-refractivity contribution in [3.05, 3.63) is 0 Å². The van der Waals surface area contributed by atoms with Crippen LogP contribution in [0.25, 0.3) is 0 Å². The number of nitrogens with one attached hydrogen (secondary N) is 1. The Hall–Kier alpha value is 0.544. The van der Waals surface area contributed by atoms with E-state index in [0.29, 0.717) is 0 Å². The number of hydrogen-bond donors (Lipinski definition) is 1. The highest BCUT2D eigenvalue weighted by molar-refractivity contribution is 8.02. The van der Waals surface area contributed by atoms with Crippen molar-refractivity contribution in [2.24, 2.45) is 0 Å². The lowest BCUT2D eigenvalue weighted by Crippen LogP contribution is -2.59. The van der Waals surface area contributed by atoms with E-state index in [1.54, 1.807) is 47.3 Å². The van der Waals surface area contributed by atoms with Gasteiger partial charge in [0.15, 0.2) is 0 Å². The van der Waals surface area contributed by atoms with Crippen molar-refractivity contribution in [1.82, 2.24) is 5.32 Å². The Bertz CT molecular complexity index is 311. The van der Waals surface area contributed by atoms with Crippen LogP contribution in [0, 0.1) is 0 Å². The predicted molar refractivity (Wildman–Crippen MR) is 101 cm³/mol. The van der Waals surface area contributed by atoms with Crippen molar-refractivity contribution in [2.45, 2.75) is 56.1 Å². The van der Waals surface area contributed by atoms with Crippen LogP contribution in [0.15, 0.2) is 0 Å². The van der Waals surface area contributed by atoms with Crippen molar-refractivity contribution in [2.75, 3.05) is 35.5 Å². The summed E-state index contributed by atoms with van der Waals surface area (Å²) >= 11 is 1.79. The van der Waals surface area contributed by atoms with Gasteiger partial charge in [0.1, 0.15) is 0 Å². The summed E-state index contributed by atoms with van der Waals surface area (Å²) < 4.78 is 28.3. The van der Waals surface area contributed by atoms with Crippen LogP contribution in [-0.4, -0.2) is 68.8 Å². The maximum absolute atomic E-state index is 5.68. The van der Waals surface area contributed by atoms with Crippen molar-refractivity contribution in [1.29, 1.82) is 0 Å². The Kier molecular flexibility index (Phi) is 11.5. The molecule has 0 aromatic heterocycles. The van der Waals surface area contributed by atoms with Crippen molar-refractivity contribution < 1.29 is 22.1 Å². The number of hydrogen-bond acceptors (Lipinski definition) is 7. The van der Waals surface area contributed by atoms with Gasteiger partial charge in [-0.2, -0.15) is 0 Å². The van der Waals surface area contributed by atoms with Crippen LogP contribution >= 0.6 is 11.8 Å². The molecule has 0 aromatic carbocycles. The summed E-state index contributed by atoms with van der Waals surface area (Å²) in [6, 6.07) is 0. The summed E-state index contributed by atoms with van der Waals surface area (Å²) in [5.74, 6) is 0. The summed E-state index contributed by atoms with van der Waals surface area (Å²) in [7, 11) is 3.55. The Labute approximate surface area is 148 Å². The molecule has 3 atom stereocenters. The average molecular weight is 386 g/mol. The third-order valence-corrected chi connectivity index (χ3v) is 13.1. The van der Waals surface area contributed by atoms with Gasteiger partial charge in [-0.1, -0.05) is 13.8 Å². The van der Waals surface area contributed by atoms with E-state index in [1.165, 1.54) is 0 Å².